The summed E-state index contributed by atoms with van der Waals surface area (Å²) in [5.41, 5.74) is 2.49. The molecule has 0 aromatic heterocycles. The highest BCUT2D eigenvalue weighted by molar-refractivity contribution is 7.80. The van der Waals surface area contributed by atoms with Gasteiger partial charge in [0.25, 0.3) is 5.91 Å². The summed E-state index contributed by atoms with van der Waals surface area (Å²) in [7, 11) is 0. The van der Waals surface area contributed by atoms with Crippen molar-refractivity contribution < 1.29 is 14.3 Å². The molecule has 0 unspecified atom stereocenters. The summed E-state index contributed by atoms with van der Waals surface area (Å²) in [4.78, 5) is 22.9. The molecule has 0 aliphatic rings. The molecule has 0 bridgehead atoms. The first-order valence-corrected chi connectivity index (χ1v) is 9.12. The first-order valence-electron chi connectivity index (χ1n) is 8.31. The SMILES string of the molecule is CC(=O)NC(=S)Nc1ccc(NC(=S)NC(=O)COc2ccc(C)cc2)cc1. The summed E-state index contributed by atoms with van der Waals surface area (Å²) in [5.74, 6) is 0.000135. The number of hydrogen-bond acceptors (Lipinski definition) is 5. The Morgan fingerprint density at radius 3 is 1.86 bits per heavy atom. The minimum absolute atomic E-state index is 0.145. The van der Waals surface area contributed by atoms with Crippen LogP contribution in [-0.4, -0.2) is 28.6 Å². The summed E-state index contributed by atoms with van der Waals surface area (Å²) in [6.07, 6.45) is 0. The van der Waals surface area contributed by atoms with Crippen LogP contribution in [0.1, 0.15) is 12.5 Å². The van der Waals surface area contributed by atoms with Crippen LogP contribution in [0.25, 0.3) is 0 Å². The Balaban J connectivity index is 1.77. The van der Waals surface area contributed by atoms with Crippen LogP contribution in [0.3, 0.4) is 0 Å². The van der Waals surface area contributed by atoms with Crippen LogP contribution in [0.2, 0.25) is 0 Å². The molecule has 2 amide bonds. The molecule has 0 aliphatic heterocycles. The number of aryl methyl sites for hydroxylation is 1. The Labute approximate surface area is 173 Å². The molecule has 28 heavy (non-hydrogen) atoms. The van der Waals surface area contributed by atoms with E-state index in [1.807, 2.05) is 19.1 Å². The van der Waals surface area contributed by atoms with Crippen LogP contribution in [-0.2, 0) is 9.59 Å². The van der Waals surface area contributed by atoms with Gasteiger partial charge >= 0.3 is 0 Å². The quantitative estimate of drug-likeness (QED) is 0.557. The van der Waals surface area contributed by atoms with Crippen molar-refractivity contribution in [1.82, 2.24) is 10.6 Å². The molecule has 9 heteroatoms. The van der Waals surface area contributed by atoms with Crippen molar-refractivity contribution in [1.29, 1.82) is 0 Å². The van der Waals surface area contributed by atoms with E-state index in [4.69, 9.17) is 29.2 Å². The summed E-state index contributed by atoms with van der Waals surface area (Å²) in [6.45, 7) is 3.21. The lowest BCUT2D eigenvalue weighted by Gasteiger charge is -2.12. The fraction of sp³-hybridized carbons (Fsp3) is 0.158. The third kappa shape index (κ3) is 7.68. The lowest BCUT2D eigenvalue weighted by molar-refractivity contribution is -0.121. The number of carbonyl (C=O) groups excluding carboxylic acids is 2. The predicted octanol–water partition coefficient (Wildman–Crippen LogP) is 2.72. The van der Waals surface area contributed by atoms with Gasteiger partial charge in [-0.15, -0.1) is 0 Å². The molecule has 0 atom stereocenters. The molecule has 2 aromatic rings. The highest BCUT2D eigenvalue weighted by Gasteiger charge is 2.07. The fourth-order valence-corrected chi connectivity index (χ4v) is 2.56. The number of benzene rings is 2. The molecule has 0 fully saturated rings. The van der Waals surface area contributed by atoms with E-state index in [1.165, 1.54) is 6.92 Å². The van der Waals surface area contributed by atoms with Crippen molar-refractivity contribution in [3.05, 3.63) is 54.1 Å². The average Bonchev–Trinajstić information content (AvgIpc) is 2.62. The van der Waals surface area contributed by atoms with Gasteiger partial charge in [-0.05, 0) is 67.8 Å². The molecular weight excluding hydrogens is 396 g/mol. The Morgan fingerprint density at radius 1 is 0.857 bits per heavy atom. The summed E-state index contributed by atoms with van der Waals surface area (Å²) in [6, 6.07) is 14.4. The van der Waals surface area contributed by atoms with Crippen LogP contribution >= 0.6 is 24.4 Å². The zero-order chi connectivity index (χ0) is 20.5. The summed E-state index contributed by atoms with van der Waals surface area (Å²) >= 11 is 10.1. The second kappa shape index (κ2) is 10.3. The van der Waals surface area contributed by atoms with Crippen molar-refractivity contribution in [3.63, 3.8) is 0 Å². The van der Waals surface area contributed by atoms with E-state index >= 15 is 0 Å². The van der Waals surface area contributed by atoms with E-state index in [9.17, 15) is 9.59 Å². The Bertz CT molecular complexity index is 868. The molecule has 2 aromatic carbocycles. The van der Waals surface area contributed by atoms with Gasteiger partial charge in [0.05, 0.1) is 0 Å². The van der Waals surface area contributed by atoms with Gasteiger partial charge in [0.2, 0.25) is 5.91 Å². The maximum absolute atomic E-state index is 11.9. The van der Waals surface area contributed by atoms with Gasteiger partial charge in [0, 0.05) is 18.3 Å². The van der Waals surface area contributed by atoms with Crippen molar-refractivity contribution in [2.45, 2.75) is 13.8 Å². The first kappa shape index (κ1) is 21.3. The third-order valence-corrected chi connectivity index (χ3v) is 3.74. The Morgan fingerprint density at radius 2 is 1.36 bits per heavy atom. The largest absolute Gasteiger partial charge is 0.484 e. The van der Waals surface area contributed by atoms with Crippen LogP contribution in [0.15, 0.2) is 48.5 Å². The van der Waals surface area contributed by atoms with Gasteiger partial charge in [0.1, 0.15) is 5.75 Å². The van der Waals surface area contributed by atoms with Gasteiger partial charge in [-0.1, -0.05) is 17.7 Å². The third-order valence-electron chi connectivity index (χ3n) is 3.33. The molecule has 0 saturated heterocycles. The lowest BCUT2D eigenvalue weighted by Crippen LogP contribution is -2.37. The van der Waals surface area contributed by atoms with E-state index in [0.717, 1.165) is 5.56 Å². The van der Waals surface area contributed by atoms with E-state index in [-0.39, 0.29) is 28.6 Å². The van der Waals surface area contributed by atoms with Crippen LogP contribution in [0, 0.1) is 6.92 Å². The summed E-state index contributed by atoms with van der Waals surface area (Å²) < 4.78 is 5.40. The highest BCUT2D eigenvalue weighted by atomic mass is 32.1. The van der Waals surface area contributed by atoms with Crippen LogP contribution in [0.4, 0.5) is 11.4 Å². The average molecular weight is 417 g/mol. The topological polar surface area (TPSA) is 91.5 Å². The Hall–Kier alpha value is -3.04. The van der Waals surface area contributed by atoms with Gasteiger partial charge in [-0.25, -0.2) is 0 Å². The molecule has 146 valence electrons. The molecular formula is C19H20N4O3S2. The molecule has 0 aliphatic carbocycles. The number of carbonyl (C=O) groups is 2. The number of thiocarbonyl (C=S) groups is 2. The minimum atomic E-state index is -0.364. The van der Waals surface area contributed by atoms with Gasteiger partial charge in [0.15, 0.2) is 16.8 Å². The molecule has 4 N–H and O–H groups in total. The number of rotatable bonds is 5. The number of amides is 2. The standard InChI is InChI=1S/C19H20N4O3S2/c1-12-3-9-16(10-4-12)26-11-17(25)23-19(28)22-15-7-5-14(6-8-15)21-18(27)20-13(2)24/h3-10H,11H2,1-2H3,(H2,20,21,24,27)(H2,22,23,25,28). The molecule has 2 rings (SSSR count). The van der Waals surface area contributed by atoms with E-state index in [2.05, 4.69) is 21.3 Å². The van der Waals surface area contributed by atoms with Crippen molar-refractivity contribution in [3.8, 4) is 5.75 Å². The summed E-state index contributed by atoms with van der Waals surface area (Å²) in [5, 5.41) is 11.2. The highest BCUT2D eigenvalue weighted by Crippen LogP contribution is 2.13. The first-order chi connectivity index (χ1) is 13.3. The van der Waals surface area contributed by atoms with Crippen LogP contribution in [0.5, 0.6) is 5.75 Å². The second-order valence-electron chi connectivity index (χ2n) is 5.82. The maximum atomic E-state index is 11.9. The van der Waals surface area contributed by atoms with Crippen LogP contribution < -0.4 is 26.0 Å². The normalized spacial score (nSPS) is 9.79. The van der Waals surface area contributed by atoms with Gasteiger partial charge in [-0.3, -0.25) is 14.9 Å². The molecule has 7 nitrogen and oxygen atoms in total. The molecule has 0 spiro atoms. The van der Waals surface area contributed by atoms with Crippen molar-refractivity contribution in [2.75, 3.05) is 17.2 Å². The zero-order valence-electron chi connectivity index (χ0n) is 15.4. The molecule has 0 radical (unpaired) electrons. The molecule has 0 heterocycles. The fourth-order valence-electron chi connectivity index (χ4n) is 2.07. The smallest absolute Gasteiger partial charge is 0.264 e. The second-order valence-corrected chi connectivity index (χ2v) is 6.63. The van der Waals surface area contributed by atoms with Crippen molar-refractivity contribution in [2.24, 2.45) is 0 Å². The Kier molecular flexibility index (Phi) is 7.85. The number of ether oxygens (including phenoxy) is 1. The maximum Gasteiger partial charge on any atom is 0.264 e. The predicted molar refractivity (Wildman–Crippen MR) is 118 cm³/mol. The monoisotopic (exact) mass is 416 g/mol. The van der Waals surface area contributed by atoms with Gasteiger partial charge in [-0.2, -0.15) is 0 Å². The van der Waals surface area contributed by atoms with E-state index in [1.54, 1.807) is 36.4 Å². The van der Waals surface area contributed by atoms with Gasteiger partial charge < -0.3 is 20.7 Å². The number of hydrogen-bond donors (Lipinski definition) is 4. The van der Waals surface area contributed by atoms with Crippen molar-refractivity contribution >= 4 is 57.8 Å². The number of nitrogens with one attached hydrogen (secondary N) is 4. The minimum Gasteiger partial charge on any atom is -0.484 e. The lowest BCUT2D eigenvalue weighted by atomic mass is 10.2. The van der Waals surface area contributed by atoms with E-state index in [0.29, 0.717) is 17.1 Å². The zero-order valence-corrected chi connectivity index (χ0v) is 17.0. The van der Waals surface area contributed by atoms with E-state index < -0.39 is 0 Å². The number of anilines is 2. The molecule has 0 saturated carbocycles.